The predicted molar refractivity (Wildman–Crippen MR) is 290 cm³/mol. The lowest BCUT2D eigenvalue weighted by molar-refractivity contribution is 0.590. The number of rotatable bonds is 7. The van der Waals surface area contributed by atoms with Crippen molar-refractivity contribution in [3.8, 4) is 55.6 Å². The van der Waals surface area contributed by atoms with Gasteiger partial charge in [0.2, 0.25) is 0 Å². The molecular weight excluding hydrogens is 827 g/mol. The molecule has 1 aromatic heterocycles. The lowest BCUT2D eigenvalue weighted by atomic mass is 9.82. The lowest BCUT2D eigenvalue weighted by Crippen LogP contribution is -2.15. The second kappa shape index (κ2) is 15.8. The molecule has 322 valence electrons. The highest BCUT2D eigenvalue weighted by molar-refractivity contribution is 7.26. The van der Waals surface area contributed by atoms with Crippen LogP contribution < -0.4 is 4.90 Å². The smallest absolute Gasteiger partial charge is 0.0546 e. The van der Waals surface area contributed by atoms with E-state index in [4.69, 9.17) is 0 Å². The molecule has 0 fully saturated rings. The van der Waals surface area contributed by atoms with Crippen LogP contribution in [0.15, 0.2) is 218 Å². The van der Waals surface area contributed by atoms with E-state index in [-0.39, 0.29) is 10.8 Å². The number of benzene rings is 10. The molecule has 10 aromatic carbocycles. The van der Waals surface area contributed by atoms with Crippen molar-refractivity contribution in [2.24, 2.45) is 0 Å². The van der Waals surface area contributed by atoms with E-state index in [9.17, 15) is 0 Å². The van der Waals surface area contributed by atoms with Gasteiger partial charge in [-0.1, -0.05) is 217 Å². The fourth-order valence-electron chi connectivity index (χ4n) is 10.7. The van der Waals surface area contributed by atoms with E-state index in [1.807, 2.05) is 11.3 Å². The average molecular weight is 878 g/mol. The Labute approximate surface area is 398 Å². The molecule has 0 radical (unpaired) electrons. The Morgan fingerprint density at radius 2 is 0.985 bits per heavy atom. The molecule has 0 saturated carbocycles. The molecule has 1 aliphatic carbocycles. The summed E-state index contributed by atoms with van der Waals surface area (Å²) in [4.78, 5) is 2.51. The minimum Gasteiger partial charge on any atom is -0.310 e. The molecule has 1 aliphatic rings. The van der Waals surface area contributed by atoms with E-state index >= 15 is 0 Å². The number of hydrogen-bond acceptors (Lipinski definition) is 2. The molecule has 1 nitrogen and oxygen atoms in total. The largest absolute Gasteiger partial charge is 0.310 e. The Kier molecular flexibility index (Phi) is 9.68. The van der Waals surface area contributed by atoms with Gasteiger partial charge in [0.1, 0.15) is 0 Å². The second-order valence-corrected chi connectivity index (χ2v) is 20.7. The van der Waals surface area contributed by atoms with Crippen LogP contribution in [0.1, 0.15) is 51.3 Å². The van der Waals surface area contributed by atoms with Crippen molar-refractivity contribution in [2.75, 3.05) is 4.90 Å². The van der Waals surface area contributed by atoms with Crippen molar-refractivity contribution >= 4 is 59.3 Å². The van der Waals surface area contributed by atoms with Gasteiger partial charge in [-0.2, -0.15) is 0 Å². The maximum Gasteiger partial charge on any atom is 0.0546 e. The third-order valence-electron chi connectivity index (χ3n) is 14.3. The first kappa shape index (κ1) is 40.9. The number of anilines is 3. The summed E-state index contributed by atoms with van der Waals surface area (Å²) in [6, 6.07) is 81.7. The van der Waals surface area contributed by atoms with Gasteiger partial charge < -0.3 is 4.90 Å². The molecule has 0 N–H and O–H groups in total. The topological polar surface area (TPSA) is 3.24 Å². The summed E-state index contributed by atoms with van der Waals surface area (Å²) in [5, 5.41) is 5.07. The minimum atomic E-state index is -0.101. The first-order chi connectivity index (χ1) is 32.6. The van der Waals surface area contributed by atoms with Gasteiger partial charge in [0, 0.05) is 42.5 Å². The maximum atomic E-state index is 2.51. The Bertz CT molecular complexity index is 3680. The Balaban J connectivity index is 1.08. The molecule has 1 heterocycles. The first-order valence-electron chi connectivity index (χ1n) is 23.5. The van der Waals surface area contributed by atoms with Gasteiger partial charge in [0.15, 0.2) is 0 Å². The van der Waals surface area contributed by atoms with Crippen LogP contribution in [0.3, 0.4) is 0 Å². The predicted octanol–water partition coefficient (Wildman–Crippen LogP) is 18.9. The zero-order valence-corrected chi connectivity index (χ0v) is 39.5. The molecular formula is C65H51NS. The molecule has 12 rings (SSSR count). The normalized spacial score (nSPS) is 13.0. The van der Waals surface area contributed by atoms with Gasteiger partial charge in [-0.05, 0) is 119 Å². The van der Waals surface area contributed by atoms with Crippen LogP contribution in [-0.4, -0.2) is 0 Å². The third kappa shape index (κ3) is 6.90. The Morgan fingerprint density at radius 3 is 1.78 bits per heavy atom. The number of thiophene rings is 1. The van der Waals surface area contributed by atoms with Crippen LogP contribution in [0, 0.1) is 0 Å². The van der Waals surface area contributed by atoms with Crippen LogP contribution in [0.25, 0.3) is 86.6 Å². The molecule has 0 aliphatic heterocycles. The summed E-state index contributed by atoms with van der Waals surface area (Å²) < 4.78 is 2.65. The van der Waals surface area contributed by atoms with Gasteiger partial charge >= 0.3 is 0 Å². The maximum absolute atomic E-state index is 2.51. The average Bonchev–Trinajstić information content (AvgIpc) is 3.86. The van der Waals surface area contributed by atoms with E-state index in [0.717, 1.165) is 17.1 Å². The molecule has 0 amide bonds. The van der Waals surface area contributed by atoms with Crippen molar-refractivity contribution in [1.82, 2.24) is 0 Å². The van der Waals surface area contributed by atoms with E-state index in [0.29, 0.717) is 0 Å². The standard InChI is InChI=1S/C65H51NS/c1-64(2,3)47-33-30-44(31-34-47)50-37-35-48(40-56(50)42-16-7-6-8-17-42)66(49-36-38-59-57(41-49)53-20-11-13-24-58(53)65(59,4)5)60-39-32-43-18-9-10-19-51(43)62(60)46-28-26-45(27-29-46)52-22-15-23-55-54-21-12-14-25-61(54)67-63(52)55/h6-41H,1-5H3. The third-order valence-corrected chi connectivity index (χ3v) is 15.5. The van der Waals surface area contributed by atoms with Gasteiger partial charge in [0.05, 0.1) is 5.69 Å². The fraction of sp³-hybridized carbons (Fsp3) is 0.108. The van der Waals surface area contributed by atoms with E-state index in [1.165, 1.54) is 103 Å². The quantitative estimate of drug-likeness (QED) is 0.154. The van der Waals surface area contributed by atoms with Gasteiger partial charge in [-0.25, -0.2) is 0 Å². The highest BCUT2D eigenvalue weighted by Crippen LogP contribution is 2.53. The van der Waals surface area contributed by atoms with Crippen molar-refractivity contribution in [3.05, 3.63) is 235 Å². The van der Waals surface area contributed by atoms with Crippen molar-refractivity contribution < 1.29 is 0 Å². The molecule has 67 heavy (non-hydrogen) atoms. The molecule has 0 saturated heterocycles. The van der Waals surface area contributed by atoms with E-state index in [1.54, 1.807) is 0 Å². The van der Waals surface area contributed by atoms with E-state index < -0.39 is 0 Å². The number of fused-ring (bicyclic) bond motifs is 7. The number of nitrogens with zero attached hydrogens (tertiary/aromatic N) is 1. The summed E-state index contributed by atoms with van der Waals surface area (Å²) in [6.45, 7) is 11.6. The lowest BCUT2D eigenvalue weighted by Gasteiger charge is -2.30. The molecule has 0 spiro atoms. The van der Waals surface area contributed by atoms with Crippen LogP contribution >= 0.6 is 11.3 Å². The monoisotopic (exact) mass is 877 g/mol. The highest BCUT2D eigenvalue weighted by Gasteiger charge is 2.36. The van der Waals surface area contributed by atoms with Crippen molar-refractivity contribution in [3.63, 3.8) is 0 Å². The van der Waals surface area contributed by atoms with Crippen LogP contribution in [0.2, 0.25) is 0 Å². The van der Waals surface area contributed by atoms with Gasteiger partial charge in [0.25, 0.3) is 0 Å². The van der Waals surface area contributed by atoms with Crippen LogP contribution in [0.5, 0.6) is 0 Å². The van der Waals surface area contributed by atoms with Crippen molar-refractivity contribution in [2.45, 2.75) is 45.4 Å². The zero-order chi connectivity index (χ0) is 45.4. The molecule has 0 bridgehead atoms. The summed E-state index contributed by atoms with van der Waals surface area (Å²) >= 11 is 1.88. The summed E-state index contributed by atoms with van der Waals surface area (Å²) in [7, 11) is 0. The van der Waals surface area contributed by atoms with Crippen LogP contribution in [-0.2, 0) is 10.8 Å². The van der Waals surface area contributed by atoms with Gasteiger partial charge in [-0.3, -0.25) is 0 Å². The summed E-state index contributed by atoms with van der Waals surface area (Å²) in [5.74, 6) is 0. The minimum absolute atomic E-state index is 0.0713. The Hall–Kier alpha value is -7.52. The van der Waals surface area contributed by atoms with Crippen molar-refractivity contribution in [1.29, 1.82) is 0 Å². The first-order valence-corrected chi connectivity index (χ1v) is 24.3. The molecule has 0 atom stereocenters. The number of hydrogen-bond donors (Lipinski definition) is 0. The van der Waals surface area contributed by atoms with Gasteiger partial charge in [-0.15, -0.1) is 11.3 Å². The van der Waals surface area contributed by atoms with Crippen LogP contribution in [0.4, 0.5) is 17.1 Å². The van der Waals surface area contributed by atoms with E-state index in [2.05, 4.69) is 258 Å². The fourth-order valence-corrected chi connectivity index (χ4v) is 12.0. The molecule has 11 aromatic rings. The molecule has 2 heteroatoms. The Morgan fingerprint density at radius 1 is 0.403 bits per heavy atom. The summed E-state index contributed by atoms with van der Waals surface area (Å²) in [5.41, 5.74) is 19.7. The second-order valence-electron chi connectivity index (χ2n) is 19.7. The summed E-state index contributed by atoms with van der Waals surface area (Å²) in [6.07, 6.45) is 0. The molecule has 0 unspecified atom stereocenters. The highest BCUT2D eigenvalue weighted by atomic mass is 32.1. The zero-order valence-electron chi connectivity index (χ0n) is 38.6. The SMILES string of the molecule is CC(C)(C)c1ccc(-c2ccc(N(c3ccc4c(c3)-c3ccccc3C4(C)C)c3ccc4ccccc4c3-c3ccc(-c4cccc5c4sc4ccccc45)cc3)cc2-c2ccccc2)cc1.